The fourth-order valence-electron chi connectivity index (χ4n) is 2.89. The number of nitrogens with zero attached hydrogens (tertiary/aromatic N) is 2. The van der Waals surface area contributed by atoms with Gasteiger partial charge in [0.2, 0.25) is 10.0 Å². The average Bonchev–Trinajstić information content (AvgIpc) is 2.56. The summed E-state index contributed by atoms with van der Waals surface area (Å²) < 4.78 is 32.5. The Morgan fingerprint density at radius 3 is 2.16 bits per heavy atom. The Hall–Kier alpha value is -1.19. The van der Waals surface area contributed by atoms with Crippen LogP contribution < -0.4 is 0 Å². The van der Waals surface area contributed by atoms with Crippen LogP contribution >= 0.6 is 11.6 Å². The third kappa shape index (κ3) is 5.93. The predicted octanol–water partition coefficient (Wildman–Crippen LogP) is 1.77. The maximum Gasteiger partial charge on any atom is 0.290 e. The van der Waals surface area contributed by atoms with Gasteiger partial charge in [-0.2, -0.15) is 4.31 Å². The summed E-state index contributed by atoms with van der Waals surface area (Å²) in [6, 6.07) is 6.30. The molecule has 0 atom stereocenters. The van der Waals surface area contributed by atoms with E-state index in [0.717, 1.165) is 6.54 Å². The Morgan fingerprint density at radius 1 is 1.28 bits per heavy atom. The number of likely N-dealkylation sites (N-methyl/N-ethyl adjacent to an activating group) is 1. The molecule has 0 amide bonds. The maximum absolute atomic E-state index is 12.7. The number of piperidine rings is 1. The first-order valence-corrected chi connectivity index (χ1v) is 9.56. The van der Waals surface area contributed by atoms with Crippen LogP contribution in [0.3, 0.4) is 0 Å². The molecule has 0 radical (unpaired) electrons. The van der Waals surface area contributed by atoms with Crippen molar-refractivity contribution in [1.29, 1.82) is 0 Å². The highest BCUT2D eigenvalue weighted by Crippen LogP contribution is 2.30. The van der Waals surface area contributed by atoms with Crippen LogP contribution in [-0.4, -0.2) is 75.6 Å². The normalized spacial score (nSPS) is 17.6. The first-order chi connectivity index (χ1) is 11.7. The van der Waals surface area contributed by atoms with Crippen molar-refractivity contribution in [2.75, 3.05) is 40.8 Å². The van der Waals surface area contributed by atoms with Gasteiger partial charge in [0.25, 0.3) is 6.47 Å². The quantitative estimate of drug-likeness (QED) is 0.768. The molecule has 1 saturated heterocycles. The first kappa shape index (κ1) is 21.9. The number of carboxylic acid groups (broad SMARTS) is 1. The van der Waals surface area contributed by atoms with Crippen LogP contribution in [0.25, 0.3) is 0 Å². The van der Waals surface area contributed by atoms with Gasteiger partial charge in [-0.25, -0.2) is 8.42 Å². The lowest BCUT2D eigenvalue weighted by molar-refractivity contribution is -0.122. The summed E-state index contributed by atoms with van der Waals surface area (Å²) in [5, 5.41) is 7.42. The molecule has 7 nitrogen and oxygen atoms in total. The van der Waals surface area contributed by atoms with E-state index in [2.05, 4.69) is 4.90 Å². The largest absolute Gasteiger partial charge is 0.483 e. The zero-order valence-corrected chi connectivity index (χ0v) is 16.3. The van der Waals surface area contributed by atoms with Crippen molar-refractivity contribution >= 4 is 28.1 Å². The van der Waals surface area contributed by atoms with Crippen molar-refractivity contribution in [2.45, 2.75) is 23.3 Å². The number of ether oxygens (including phenoxy) is 1. The van der Waals surface area contributed by atoms with Gasteiger partial charge in [0, 0.05) is 31.8 Å². The number of hydrogen-bond donors (Lipinski definition) is 1. The van der Waals surface area contributed by atoms with Gasteiger partial charge in [0.15, 0.2) is 0 Å². The van der Waals surface area contributed by atoms with Crippen molar-refractivity contribution in [3.8, 4) is 0 Å². The summed E-state index contributed by atoms with van der Waals surface area (Å²) in [6.45, 7) is 1.47. The lowest BCUT2D eigenvalue weighted by Gasteiger charge is -2.41. The molecule has 0 aliphatic carbocycles. The van der Waals surface area contributed by atoms with Crippen LogP contribution in [-0.2, 0) is 19.6 Å². The van der Waals surface area contributed by atoms with Crippen molar-refractivity contribution in [1.82, 2.24) is 9.21 Å². The molecule has 1 N–H and O–H groups in total. The lowest BCUT2D eigenvalue weighted by Crippen LogP contribution is -2.52. The van der Waals surface area contributed by atoms with Crippen LogP contribution in [0.2, 0.25) is 5.02 Å². The minimum Gasteiger partial charge on any atom is -0.483 e. The third-order valence-corrected chi connectivity index (χ3v) is 6.29. The zero-order chi connectivity index (χ0) is 19.1. The second-order valence-electron chi connectivity index (χ2n) is 6.09. The maximum atomic E-state index is 12.7. The lowest BCUT2D eigenvalue weighted by atomic mass is 9.91. The molecular weight excluding hydrogens is 368 g/mol. The van der Waals surface area contributed by atoms with E-state index in [1.165, 1.54) is 4.31 Å². The molecule has 1 aliphatic rings. The number of rotatable bonds is 5. The highest BCUT2D eigenvalue weighted by molar-refractivity contribution is 7.89. The Balaban J connectivity index is 0.000000970. The van der Waals surface area contributed by atoms with Crippen LogP contribution in [0.4, 0.5) is 0 Å². The van der Waals surface area contributed by atoms with E-state index in [9.17, 15) is 8.42 Å². The molecular formula is C16H25ClN2O5S. The Bertz CT molecular complexity index is 641. The van der Waals surface area contributed by atoms with Crippen molar-refractivity contribution < 1.29 is 23.1 Å². The molecule has 0 aromatic heterocycles. The summed E-state index contributed by atoms with van der Waals surface area (Å²) >= 11 is 5.82. The second-order valence-corrected chi connectivity index (χ2v) is 8.46. The summed E-state index contributed by atoms with van der Waals surface area (Å²) in [5.74, 6) is 0. The van der Waals surface area contributed by atoms with Crippen molar-refractivity contribution in [2.24, 2.45) is 0 Å². The highest BCUT2D eigenvalue weighted by Gasteiger charge is 2.38. The van der Waals surface area contributed by atoms with Gasteiger partial charge in [-0.1, -0.05) is 11.6 Å². The monoisotopic (exact) mass is 392 g/mol. The first-order valence-electron chi connectivity index (χ1n) is 7.74. The van der Waals surface area contributed by atoms with E-state index in [0.29, 0.717) is 31.0 Å². The molecule has 1 aliphatic heterocycles. The SMILES string of the molecule is COC1(CN(C)C)CCN(S(=O)(=O)c2ccc(Cl)cc2)CC1.O=CO. The number of benzene rings is 1. The average molecular weight is 393 g/mol. The molecule has 0 saturated carbocycles. The second kappa shape index (κ2) is 9.49. The van der Waals surface area contributed by atoms with E-state index in [4.69, 9.17) is 26.2 Å². The minimum absolute atomic E-state index is 0.250. The third-order valence-electron chi connectivity index (χ3n) is 4.12. The van der Waals surface area contributed by atoms with E-state index in [1.54, 1.807) is 31.4 Å². The number of sulfonamides is 1. The molecule has 1 fully saturated rings. The Morgan fingerprint density at radius 2 is 1.76 bits per heavy atom. The molecule has 1 aromatic rings. The van der Waals surface area contributed by atoms with Gasteiger partial charge in [0.05, 0.1) is 10.5 Å². The fraction of sp³-hybridized carbons (Fsp3) is 0.562. The molecule has 142 valence electrons. The molecule has 9 heteroatoms. The minimum atomic E-state index is -3.46. The highest BCUT2D eigenvalue weighted by atomic mass is 35.5. The van der Waals surface area contributed by atoms with Gasteiger partial charge in [-0.05, 0) is 51.2 Å². The number of carbonyl (C=O) groups is 1. The van der Waals surface area contributed by atoms with Gasteiger partial charge in [-0.3, -0.25) is 4.79 Å². The van der Waals surface area contributed by atoms with Gasteiger partial charge in [-0.15, -0.1) is 0 Å². The molecule has 0 spiro atoms. The Kier molecular flexibility index (Phi) is 8.30. The molecule has 0 bridgehead atoms. The molecule has 1 heterocycles. The smallest absolute Gasteiger partial charge is 0.290 e. The van der Waals surface area contributed by atoms with E-state index in [1.807, 2.05) is 14.1 Å². The molecule has 25 heavy (non-hydrogen) atoms. The van der Waals surface area contributed by atoms with Crippen molar-refractivity contribution in [3.05, 3.63) is 29.3 Å². The Labute approximate surface area is 154 Å². The van der Waals surface area contributed by atoms with E-state index >= 15 is 0 Å². The number of methoxy groups -OCH3 is 1. The van der Waals surface area contributed by atoms with E-state index in [-0.39, 0.29) is 17.0 Å². The van der Waals surface area contributed by atoms with E-state index < -0.39 is 10.0 Å². The van der Waals surface area contributed by atoms with Crippen LogP contribution in [0.1, 0.15) is 12.8 Å². The van der Waals surface area contributed by atoms with Gasteiger partial charge < -0.3 is 14.7 Å². The number of halogens is 1. The predicted molar refractivity (Wildman–Crippen MR) is 96.4 cm³/mol. The summed E-state index contributed by atoms with van der Waals surface area (Å²) in [6.07, 6.45) is 1.38. The summed E-state index contributed by atoms with van der Waals surface area (Å²) in [4.78, 5) is 10.7. The number of hydrogen-bond acceptors (Lipinski definition) is 5. The molecule has 0 unspecified atom stereocenters. The molecule has 1 aromatic carbocycles. The van der Waals surface area contributed by atoms with Crippen molar-refractivity contribution in [3.63, 3.8) is 0 Å². The van der Waals surface area contributed by atoms with Crippen LogP contribution in [0.15, 0.2) is 29.2 Å². The van der Waals surface area contributed by atoms with Crippen LogP contribution in [0, 0.1) is 0 Å². The zero-order valence-electron chi connectivity index (χ0n) is 14.7. The van der Waals surface area contributed by atoms with Gasteiger partial charge >= 0.3 is 0 Å². The molecule has 2 rings (SSSR count). The topological polar surface area (TPSA) is 87.2 Å². The van der Waals surface area contributed by atoms with Gasteiger partial charge in [0.1, 0.15) is 0 Å². The standard InChI is InChI=1S/C15H23ClN2O3S.CH2O2/c1-17(2)12-15(21-3)8-10-18(11-9-15)22(19,20)14-6-4-13(16)5-7-14;2-1-3/h4-7H,8-12H2,1-3H3;1H,(H,2,3). The van der Waals surface area contributed by atoms with Crippen LogP contribution in [0.5, 0.6) is 0 Å². The summed E-state index contributed by atoms with van der Waals surface area (Å²) in [5.41, 5.74) is -0.268. The fourth-order valence-corrected chi connectivity index (χ4v) is 4.46. The summed E-state index contributed by atoms with van der Waals surface area (Å²) in [7, 11) is 2.24.